The first-order valence-corrected chi connectivity index (χ1v) is 21.5. The molecule has 0 radical (unpaired) electrons. The van der Waals surface area contributed by atoms with Crippen molar-refractivity contribution >= 4 is 11.4 Å². The molecule has 2 heteroatoms. The normalized spacial score (nSPS) is 12.6. The molecule has 2 unspecified atom stereocenters. The highest BCUT2D eigenvalue weighted by Crippen LogP contribution is 2.30. The predicted octanol–water partition coefficient (Wildman–Crippen LogP) is 14.7. The van der Waals surface area contributed by atoms with Gasteiger partial charge >= 0.3 is 0 Å². The Morgan fingerprint density at radius 2 is 0.519 bits per heavy atom. The molecule has 0 amide bonds. The molecule has 2 nitrogen and oxygen atoms in total. The smallest absolute Gasteiger partial charge is 0.0314 e. The zero-order valence-electron chi connectivity index (χ0n) is 33.1. The number of unbranched alkanes of at least 4 members (excludes halogenated alkanes) is 17. The van der Waals surface area contributed by atoms with Crippen LogP contribution in [0.4, 0.5) is 11.4 Å². The van der Waals surface area contributed by atoms with Gasteiger partial charge in [0.15, 0.2) is 0 Å². The Kier molecular flexibility index (Phi) is 19.6. The van der Waals surface area contributed by atoms with E-state index >= 15 is 0 Å². The molecule has 0 saturated heterocycles. The third kappa shape index (κ3) is 15.2. The van der Waals surface area contributed by atoms with Gasteiger partial charge in [0.2, 0.25) is 0 Å². The van der Waals surface area contributed by atoms with Crippen molar-refractivity contribution in [3.63, 3.8) is 0 Å². The van der Waals surface area contributed by atoms with Gasteiger partial charge in [0.1, 0.15) is 0 Å². The van der Waals surface area contributed by atoms with Crippen LogP contribution in [0, 0.1) is 0 Å². The molecule has 0 aromatic heterocycles. The first-order chi connectivity index (χ1) is 25.6. The van der Waals surface area contributed by atoms with E-state index in [0.717, 1.165) is 24.2 Å². The Hall–Kier alpha value is -3.52. The lowest BCUT2D eigenvalue weighted by molar-refractivity contribution is 0.524. The molecular formula is C50H72N2. The van der Waals surface area contributed by atoms with Crippen molar-refractivity contribution in [2.24, 2.45) is 0 Å². The van der Waals surface area contributed by atoms with Crippen LogP contribution in [0.1, 0.15) is 187 Å². The second-order valence-electron chi connectivity index (χ2n) is 15.6. The largest absolute Gasteiger partial charge is 0.399 e. The topological polar surface area (TPSA) is 52.0 Å². The Labute approximate surface area is 319 Å². The molecule has 0 saturated carbocycles. The molecule has 2 atom stereocenters. The number of nitrogen functional groups attached to an aromatic ring is 2. The number of hydrogen-bond acceptors (Lipinski definition) is 2. The van der Waals surface area contributed by atoms with Crippen LogP contribution in [0.5, 0.6) is 0 Å². The van der Waals surface area contributed by atoms with E-state index in [-0.39, 0.29) is 0 Å². The fourth-order valence-electron chi connectivity index (χ4n) is 8.10. The van der Waals surface area contributed by atoms with Crippen LogP contribution in [0.2, 0.25) is 0 Å². The molecule has 0 aliphatic heterocycles. The van der Waals surface area contributed by atoms with Gasteiger partial charge in [-0.1, -0.05) is 189 Å². The van der Waals surface area contributed by atoms with Gasteiger partial charge in [-0.15, -0.1) is 0 Å². The lowest BCUT2D eigenvalue weighted by Crippen LogP contribution is -2.00. The summed E-state index contributed by atoms with van der Waals surface area (Å²) in [5, 5.41) is 0. The summed E-state index contributed by atoms with van der Waals surface area (Å²) in [6.07, 6.45) is 30.0. The number of aryl methyl sites for hydroxylation is 2. The van der Waals surface area contributed by atoms with Crippen LogP contribution in [-0.4, -0.2) is 0 Å². The van der Waals surface area contributed by atoms with Crippen LogP contribution < -0.4 is 11.5 Å². The second-order valence-corrected chi connectivity index (χ2v) is 15.6. The minimum Gasteiger partial charge on any atom is -0.399 e. The number of rotatable bonds is 27. The average molecular weight is 701 g/mol. The molecule has 0 aliphatic carbocycles. The van der Waals surface area contributed by atoms with E-state index in [9.17, 15) is 0 Å². The van der Waals surface area contributed by atoms with E-state index in [1.165, 1.54) is 162 Å². The van der Waals surface area contributed by atoms with Crippen molar-refractivity contribution in [1.82, 2.24) is 0 Å². The van der Waals surface area contributed by atoms with Crippen molar-refractivity contribution in [2.75, 3.05) is 11.5 Å². The van der Waals surface area contributed by atoms with Crippen LogP contribution in [-0.2, 0) is 12.8 Å². The van der Waals surface area contributed by atoms with E-state index in [2.05, 4.69) is 86.6 Å². The van der Waals surface area contributed by atoms with Crippen molar-refractivity contribution in [3.8, 4) is 0 Å². The lowest BCUT2D eigenvalue weighted by Gasteiger charge is -2.17. The zero-order valence-corrected chi connectivity index (χ0v) is 33.1. The van der Waals surface area contributed by atoms with Crippen molar-refractivity contribution in [2.45, 2.75) is 167 Å². The fraction of sp³-hybridized carbons (Fsp3) is 0.520. The van der Waals surface area contributed by atoms with E-state index < -0.39 is 0 Å². The highest BCUT2D eigenvalue weighted by Gasteiger charge is 2.13. The standard InChI is InChI=1S/C50H72N2/c1-3-49(45-33-37-47(51)38-34-45)43-29-25-41(26-30-43)23-21-19-17-15-13-11-9-7-5-6-8-10-12-14-16-18-20-22-24-42-27-31-44(32-28-42)50(4-2)46-35-39-48(52)40-36-46/h25-40,49-50H,3-24,51-52H2,1-2H3. The number of anilines is 2. The average Bonchev–Trinajstić information content (AvgIpc) is 3.17. The van der Waals surface area contributed by atoms with Crippen LogP contribution in [0.3, 0.4) is 0 Å². The Morgan fingerprint density at radius 1 is 0.308 bits per heavy atom. The van der Waals surface area contributed by atoms with Gasteiger partial charge in [0.05, 0.1) is 0 Å². The van der Waals surface area contributed by atoms with Gasteiger partial charge in [-0.3, -0.25) is 0 Å². The van der Waals surface area contributed by atoms with E-state index in [4.69, 9.17) is 11.5 Å². The maximum Gasteiger partial charge on any atom is 0.0314 e. The second kappa shape index (κ2) is 24.7. The van der Waals surface area contributed by atoms with Crippen LogP contribution in [0.15, 0.2) is 97.1 Å². The first-order valence-electron chi connectivity index (χ1n) is 21.5. The summed E-state index contributed by atoms with van der Waals surface area (Å²) in [6, 6.07) is 35.6. The van der Waals surface area contributed by atoms with Gasteiger partial charge in [0.25, 0.3) is 0 Å². The summed E-state index contributed by atoms with van der Waals surface area (Å²) in [7, 11) is 0. The van der Waals surface area contributed by atoms with E-state index in [1.54, 1.807) is 0 Å². The highest BCUT2D eigenvalue weighted by molar-refractivity contribution is 5.44. The SMILES string of the molecule is CCC(c1ccc(N)cc1)c1ccc(CCCCCCCCCCCCCCCCCCCCc2ccc(C(CC)c3ccc(N)cc3)cc2)cc1. The molecule has 4 rings (SSSR count). The molecule has 0 heterocycles. The van der Waals surface area contributed by atoms with Gasteiger partial charge in [-0.2, -0.15) is 0 Å². The van der Waals surface area contributed by atoms with Gasteiger partial charge < -0.3 is 11.5 Å². The molecule has 282 valence electrons. The van der Waals surface area contributed by atoms with Crippen molar-refractivity contribution in [3.05, 3.63) is 130 Å². The molecule has 0 fully saturated rings. The molecule has 4 aromatic carbocycles. The maximum atomic E-state index is 5.89. The molecule has 4 aromatic rings. The maximum absolute atomic E-state index is 5.89. The summed E-state index contributed by atoms with van der Waals surface area (Å²) < 4.78 is 0. The fourth-order valence-corrected chi connectivity index (χ4v) is 8.10. The van der Waals surface area contributed by atoms with Crippen molar-refractivity contribution < 1.29 is 0 Å². The Bertz CT molecular complexity index is 1340. The third-order valence-electron chi connectivity index (χ3n) is 11.4. The monoisotopic (exact) mass is 701 g/mol. The number of benzene rings is 4. The zero-order chi connectivity index (χ0) is 36.6. The lowest BCUT2D eigenvalue weighted by atomic mass is 9.88. The number of hydrogen-bond donors (Lipinski definition) is 2. The minimum absolute atomic E-state index is 0.453. The van der Waals surface area contributed by atoms with E-state index in [1.807, 2.05) is 24.3 Å². The first kappa shape index (κ1) is 41.2. The third-order valence-corrected chi connectivity index (χ3v) is 11.4. The van der Waals surface area contributed by atoms with Crippen LogP contribution >= 0.6 is 0 Å². The summed E-state index contributed by atoms with van der Waals surface area (Å²) in [6.45, 7) is 4.54. The van der Waals surface area contributed by atoms with Gasteiger partial charge in [-0.25, -0.2) is 0 Å². The molecular weight excluding hydrogens is 629 g/mol. The summed E-state index contributed by atoms with van der Waals surface area (Å²) >= 11 is 0. The van der Waals surface area contributed by atoms with Crippen molar-refractivity contribution in [1.29, 1.82) is 0 Å². The Morgan fingerprint density at radius 3 is 0.750 bits per heavy atom. The molecule has 0 spiro atoms. The van der Waals surface area contributed by atoms with Crippen LogP contribution in [0.25, 0.3) is 0 Å². The molecule has 0 aliphatic rings. The van der Waals surface area contributed by atoms with E-state index in [0.29, 0.717) is 11.8 Å². The minimum atomic E-state index is 0.453. The molecule has 4 N–H and O–H groups in total. The molecule has 0 bridgehead atoms. The highest BCUT2D eigenvalue weighted by atomic mass is 14.5. The summed E-state index contributed by atoms with van der Waals surface area (Å²) in [5.74, 6) is 0.906. The Balaban J connectivity index is 0.892. The van der Waals surface area contributed by atoms with Gasteiger partial charge in [-0.05, 0) is 96.2 Å². The summed E-state index contributed by atoms with van der Waals surface area (Å²) in [5.41, 5.74) is 22.0. The quantitative estimate of drug-likeness (QED) is 0.0480. The summed E-state index contributed by atoms with van der Waals surface area (Å²) in [4.78, 5) is 0. The predicted molar refractivity (Wildman–Crippen MR) is 229 cm³/mol. The molecule has 52 heavy (non-hydrogen) atoms. The van der Waals surface area contributed by atoms with Gasteiger partial charge in [0, 0.05) is 23.2 Å². The number of nitrogens with two attached hydrogens (primary N) is 2.